The summed E-state index contributed by atoms with van der Waals surface area (Å²) in [5.41, 5.74) is 5.08. The minimum absolute atomic E-state index is 0.412. The van der Waals surface area contributed by atoms with Gasteiger partial charge in [-0.2, -0.15) is 0 Å². The molecule has 0 aliphatic carbocycles. The van der Waals surface area contributed by atoms with Crippen LogP contribution in [0.25, 0.3) is 0 Å². The number of likely N-dealkylation sites (tertiary alicyclic amines) is 1. The maximum Gasteiger partial charge on any atom is 0.0604 e. The van der Waals surface area contributed by atoms with Crippen LogP contribution in [-0.4, -0.2) is 52.6 Å². The Bertz CT molecular complexity index is 729. The highest BCUT2D eigenvalue weighted by atomic mass is 16.5. The average molecular weight is 352 g/mol. The minimum Gasteiger partial charge on any atom is -0.379 e. The van der Waals surface area contributed by atoms with E-state index in [0.29, 0.717) is 6.04 Å². The van der Waals surface area contributed by atoms with Gasteiger partial charge in [0.2, 0.25) is 0 Å². The van der Waals surface area contributed by atoms with Crippen LogP contribution in [0.3, 0.4) is 0 Å². The van der Waals surface area contributed by atoms with Crippen molar-refractivity contribution in [3.63, 3.8) is 0 Å². The summed E-state index contributed by atoms with van der Waals surface area (Å²) in [6.07, 6.45) is 6.26. The van der Waals surface area contributed by atoms with Gasteiger partial charge in [0.05, 0.1) is 30.6 Å². The van der Waals surface area contributed by atoms with E-state index in [2.05, 4.69) is 39.9 Å². The number of hydrogen-bond acceptors (Lipinski definition) is 5. The summed E-state index contributed by atoms with van der Waals surface area (Å²) in [6.45, 7) is 8.85. The second kappa shape index (κ2) is 8.25. The van der Waals surface area contributed by atoms with Crippen LogP contribution >= 0.6 is 0 Å². The topological polar surface area (TPSA) is 41.5 Å². The maximum absolute atomic E-state index is 5.48. The maximum atomic E-state index is 5.48. The third-order valence-corrected chi connectivity index (χ3v) is 5.56. The van der Waals surface area contributed by atoms with Crippen LogP contribution < -0.4 is 0 Å². The zero-order valence-corrected chi connectivity index (χ0v) is 15.6. The summed E-state index contributed by atoms with van der Waals surface area (Å²) in [4.78, 5) is 14.4. The SMILES string of the molecule is Cc1cccnc1C1CCCN1Cc1ncccc1CN1CCOCC1. The molecule has 1 atom stereocenters. The molecule has 1 unspecified atom stereocenters. The zero-order chi connectivity index (χ0) is 17.8. The number of aromatic nitrogens is 2. The fourth-order valence-corrected chi connectivity index (χ4v) is 4.12. The van der Waals surface area contributed by atoms with E-state index in [4.69, 9.17) is 9.72 Å². The zero-order valence-electron chi connectivity index (χ0n) is 15.6. The number of rotatable bonds is 5. The van der Waals surface area contributed by atoms with Gasteiger partial charge in [-0.05, 0) is 49.6 Å². The Balaban J connectivity index is 1.50. The van der Waals surface area contributed by atoms with Gasteiger partial charge in [-0.1, -0.05) is 12.1 Å². The molecule has 2 saturated heterocycles. The third-order valence-electron chi connectivity index (χ3n) is 5.56. The van der Waals surface area contributed by atoms with Crippen LogP contribution in [-0.2, 0) is 17.8 Å². The lowest BCUT2D eigenvalue weighted by molar-refractivity contribution is 0.0339. The van der Waals surface area contributed by atoms with E-state index < -0.39 is 0 Å². The van der Waals surface area contributed by atoms with Crippen LogP contribution in [0.2, 0.25) is 0 Å². The van der Waals surface area contributed by atoms with Crippen molar-refractivity contribution in [2.24, 2.45) is 0 Å². The van der Waals surface area contributed by atoms with Crippen LogP contribution in [0.5, 0.6) is 0 Å². The van der Waals surface area contributed by atoms with Crippen LogP contribution in [0, 0.1) is 6.92 Å². The molecule has 0 radical (unpaired) electrons. The molecule has 4 rings (SSSR count). The number of pyridine rings is 2. The van der Waals surface area contributed by atoms with Gasteiger partial charge >= 0.3 is 0 Å². The Kier molecular flexibility index (Phi) is 5.58. The van der Waals surface area contributed by atoms with Gasteiger partial charge in [-0.25, -0.2) is 0 Å². The number of hydrogen-bond donors (Lipinski definition) is 0. The fraction of sp³-hybridized carbons (Fsp3) is 0.524. The Morgan fingerprint density at radius 3 is 2.69 bits per heavy atom. The normalized spacial score (nSPS) is 22.0. The molecule has 2 aliphatic heterocycles. The number of aryl methyl sites for hydroxylation is 1. The molecule has 0 spiro atoms. The molecule has 2 aromatic heterocycles. The summed E-state index contributed by atoms with van der Waals surface area (Å²) in [7, 11) is 0. The van der Waals surface area contributed by atoms with E-state index in [1.165, 1.54) is 35.4 Å². The number of morpholine rings is 1. The van der Waals surface area contributed by atoms with Gasteiger partial charge in [0.15, 0.2) is 0 Å². The first-order valence-corrected chi connectivity index (χ1v) is 9.70. The van der Waals surface area contributed by atoms with Crippen molar-refractivity contribution in [1.29, 1.82) is 0 Å². The van der Waals surface area contributed by atoms with E-state index in [1.54, 1.807) is 0 Å². The highest BCUT2D eigenvalue weighted by Gasteiger charge is 2.29. The van der Waals surface area contributed by atoms with Gasteiger partial charge in [0.25, 0.3) is 0 Å². The largest absolute Gasteiger partial charge is 0.379 e. The summed E-state index contributed by atoms with van der Waals surface area (Å²) in [6, 6.07) is 8.90. The van der Waals surface area contributed by atoms with Gasteiger partial charge < -0.3 is 4.74 Å². The van der Waals surface area contributed by atoms with Crippen molar-refractivity contribution in [2.45, 2.75) is 38.9 Å². The number of nitrogens with zero attached hydrogens (tertiary/aromatic N) is 4. The molecule has 5 nitrogen and oxygen atoms in total. The average Bonchev–Trinajstić information content (AvgIpc) is 3.12. The second-order valence-electron chi connectivity index (χ2n) is 7.33. The fourth-order valence-electron chi connectivity index (χ4n) is 4.12. The van der Waals surface area contributed by atoms with Crippen LogP contribution in [0.1, 0.15) is 41.4 Å². The molecule has 2 aliphatic rings. The van der Waals surface area contributed by atoms with Gasteiger partial charge in [0.1, 0.15) is 0 Å². The molecule has 0 aromatic carbocycles. The lowest BCUT2D eigenvalue weighted by Crippen LogP contribution is -2.36. The summed E-state index contributed by atoms with van der Waals surface area (Å²) in [5, 5.41) is 0. The molecule has 4 heterocycles. The lowest BCUT2D eigenvalue weighted by atomic mass is 10.1. The van der Waals surface area contributed by atoms with Crippen molar-refractivity contribution in [3.8, 4) is 0 Å². The van der Waals surface area contributed by atoms with Crippen molar-refractivity contribution >= 4 is 0 Å². The molecule has 0 N–H and O–H groups in total. The molecule has 0 bridgehead atoms. The molecule has 0 amide bonds. The third kappa shape index (κ3) is 3.95. The minimum atomic E-state index is 0.412. The lowest BCUT2D eigenvalue weighted by Gasteiger charge is -2.29. The highest BCUT2D eigenvalue weighted by Crippen LogP contribution is 2.33. The summed E-state index contributed by atoms with van der Waals surface area (Å²) < 4.78 is 5.48. The van der Waals surface area contributed by atoms with E-state index in [0.717, 1.165) is 45.9 Å². The monoisotopic (exact) mass is 352 g/mol. The van der Waals surface area contributed by atoms with E-state index >= 15 is 0 Å². The van der Waals surface area contributed by atoms with Gasteiger partial charge in [0, 0.05) is 38.6 Å². The summed E-state index contributed by atoms with van der Waals surface area (Å²) >= 11 is 0. The van der Waals surface area contributed by atoms with Crippen LogP contribution in [0.15, 0.2) is 36.7 Å². The predicted molar refractivity (Wildman–Crippen MR) is 102 cm³/mol. The molecular formula is C21H28N4O. The second-order valence-corrected chi connectivity index (χ2v) is 7.33. The molecule has 5 heteroatoms. The van der Waals surface area contributed by atoms with E-state index in [9.17, 15) is 0 Å². The Labute approximate surface area is 156 Å². The Morgan fingerprint density at radius 2 is 1.85 bits per heavy atom. The first kappa shape index (κ1) is 17.6. The van der Waals surface area contributed by atoms with Crippen molar-refractivity contribution in [3.05, 3.63) is 59.2 Å². The molecule has 138 valence electrons. The Morgan fingerprint density at radius 1 is 1.04 bits per heavy atom. The standard InChI is InChI=1S/C21H28N4O/c1-17-5-2-9-23-21(17)20-7-4-10-25(20)16-19-18(6-3-8-22-19)15-24-11-13-26-14-12-24/h2-3,5-6,8-9,20H,4,7,10-16H2,1H3. The van der Waals surface area contributed by atoms with Crippen molar-refractivity contribution < 1.29 is 4.74 Å². The Hall–Kier alpha value is -1.82. The first-order valence-electron chi connectivity index (χ1n) is 9.70. The molecule has 2 aromatic rings. The van der Waals surface area contributed by atoms with Gasteiger partial charge in [-0.15, -0.1) is 0 Å². The van der Waals surface area contributed by atoms with Crippen molar-refractivity contribution in [2.75, 3.05) is 32.8 Å². The quantitative estimate of drug-likeness (QED) is 0.828. The molecule has 0 saturated carbocycles. The van der Waals surface area contributed by atoms with Gasteiger partial charge in [-0.3, -0.25) is 19.8 Å². The van der Waals surface area contributed by atoms with Crippen LogP contribution in [0.4, 0.5) is 0 Å². The highest BCUT2D eigenvalue weighted by molar-refractivity contribution is 5.24. The predicted octanol–water partition coefficient (Wildman–Crippen LogP) is 2.95. The smallest absolute Gasteiger partial charge is 0.0604 e. The number of ether oxygens (including phenoxy) is 1. The molecular weight excluding hydrogens is 324 g/mol. The molecule has 2 fully saturated rings. The van der Waals surface area contributed by atoms with E-state index in [1.807, 2.05) is 18.5 Å². The van der Waals surface area contributed by atoms with E-state index in [-0.39, 0.29) is 0 Å². The van der Waals surface area contributed by atoms with Crippen molar-refractivity contribution in [1.82, 2.24) is 19.8 Å². The first-order chi connectivity index (χ1) is 12.8. The summed E-state index contributed by atoms with van der Waals surface area (Å²) in [5.74, 6) is 0. The molecule has 26 heavy (non-hydrogen) atoms.